The summed E-state index contributed by atoms with van der Waals surface area (Å²) >= 11 is 5.69. The van der Waals surface area contributed by atoms with Crippen molar-refractivity contribution in [3.8, 4) is 0 Å². The lowest BCUT2D eigenvalue weighted by Gasteiger charge is -2.34. The Bertz CT molecular complexity index is 631. The Kier molecular flexibility index (Phi) is 7.12. The quantitative estimate of drug-likeness (QED) is 0.745. The normalized spacial score (nSPS) is 18.3. The zero-order chi connectivity index (χ0) is 18.4. The van der Waals surface area contributed by atoms with E-state index in [1.807, 2.05) is 4.90 Å². The van der Waals surface area contributed by atoms with Gasteiger partial charge < -0.3 is 15.2 Å². The van der Waals surface area contributed by atoms with Gasteiger partial charge in [-0.1, -0.05) is 11.6 Å². The van der Waals surface area contributed by atoms with Gasteiger partial charge in [0.25, 0.3) is 0 Å². The molecule has 1 heterocycles. The Balaban J connectivity index is 1.81. The molecule has 0 aliphatic carbocycles. The van der Waals surface area contributed by atoms with Crippen LogP contribution in [0, 0.1) is 5.82 Å². The number of nitrogens with one attached hydrogen (secondary N) is 1. The molecule has 0 aromatic heterocycles. The second-order valence-corrected chi connectivity index (χ2v) is 6.40. The van der Waals surface area contributed by atoms with Crippen LogP contribution in [0.4, 0.5) is 10.1 Å². The minimum Gasteiger partial charge on any atom is -0.480 e. The topological polar surface area (TPSA) is 82.1 Å². The largest absolute Gasteiger partial charge is 0.480 e. The lowest BCUT2D eigenvalue weighted by molar-refractivity contribution is -0.138. The van der Waals surface area contributed by atoms with Gasteiger partial charge in [-0.15, -0.1) is 0 Å². The molecule has 2 N–H and O–H groups in total. The molecule has 1 unspecified atom stereocenters. The van der Waals surface area contributed by atoms with Crippen molar-refractivity contribution in [3.05, 3.63) is 29.0 Å². The highest BCUT2D eigenvalue weighted by Crippen LogP contribution is 2.19. The summed E-state index contributed by atoms with van der Waals surface area (Å²) in [6.45, 7) is 2.18. The van der Waals surface area contributed by atoms with Crippen LogP contribution < -0.4 is 5.32 Å². The zero-order valence-electron chi connectivity index (χ0n) is 13.9. The second kappa shape index (κ2) is 9.10. The number of aliphatic carboxylic acids is 1. The van der Waals surface area contributed by atoms with E-state index in [1.165, 1.54) is 18.2 Å². The first kappa shape index (κ1) is 19.6. The lowest BCUT2D eigenvalue weighted by Crippen LogP contribution is -2.49. The van der Waals surface area contributed by atoms with Gasteiger partial charge in [-0.2, -0.15) is 0 Å². The van der Waals surface area contributed by atoms with Gasteiger partial charge in [0.2, 0.25) is 5.91 Å². The minimum absolute atomic E-state index is 0.0503. The average Bonchev–Trinajstić information content (AvgIpc) is 2.50. The molecule has 7 nitrogen and oxygen atoms in total. The van der Waals surface area contributed by atoms with Crippen LogP contribution in [-0.2, 0) is 14.3 Å². The fraction of sp³-hybridized carbons (Fsp3) is 0.500. The van der Waals surface area contributed by atoms with Crippen LogP contribution in [0.15, 0.2) is 18.2 Å². The van der Waals surface area contributed by atoms with Gasteiger partial charge in [-0.05, 0) is 25.2 Å². The SMILES string of the molecule is CN(CC(=O)O)CC1CN(CC(=O)Nc2ccc(F)c(Cl)c2)CCO1. The van der Waals surface area contributed by atoms with E-state index in [1.54, 1.807) is 11.9 Å². The summed E-state index contributed by atoms with van der Waals surface area (Å²) in [5.74, 6) is -1.67. The minimum atomic E-state index is -0.896. The number of halogens is 2. The van der Waals surface area contributed by atoms with E-state index in [-0.39, 0.29) is 30.1 Å². The molecule has 138 valence electrons. The van der Waals surface area contributed by atoms with Crippen molar-refractivity contribution in [3.63, 3.8) is 0 Å². The van der Waals surface area contributed by atoms with Crippen LogP contribution in [0.1, 0.15) is 0 Å². The number of morpholine rings is 1. The van der Waals surface area contributed by atoms with Crippen LogP contribution in [0.3, 0.4) is 0 Å². The summed E-state index contributed by atoms with van der Waals surface area (Å²) < 4.78 is 18.7. The first-order valence-corrected chi connectivity index (χ1v) is 8.20. The molecule has 1 atom stereocenters. The third-order valence-corrected chi connectivity index (χ3v) is 4.00. The maximum atomic E-state index is 13.1. The number of nitrogens with zero attached hydrogens (tertiary/aromatic N) is 2. The molecule has 0 radical (unpaired) electrons. The lowest BCUT2D eigenvalue weighted by atomic mass is 10.2. The van der Waals surface area contributed by atoms with Crippen molar-refractivity contribution in [2.45, 2.75) is 6.10 Å². The van der Waals surface area contributed by atoms with Crippen molar-refractivity contribution in [2.75, 3.05) is 51.7 Å². The number of anilines is 1. The molecule has 1 aromatic rings. The molecule has 0 spiro atoms. The Morgan fingerprint density at radius 3 is 2.96 bits per heavy atom. The molecular weight excluding hydrogens is 353 g/mol. The third kappa shape index (κ3) is 6.58. The van der Waals surface area contributed by atoms with E-state index in [9.17, 15) is 14.0 Å². The van der Waals surface area contributed by atoms with Crippen molar-refractivity contribution in [2.24, 2.45) is 0 Å². The summed E-state index contributed by atoms with van der Waals surface area (Å²) in [7, 11) is 1.71. The molecule has 1 fully saturated rings. The number of hydrogen-bond donors (Lipinski definition) is 2. The van der Waals surface area contributed by atoms with Gasteiger partial charge in [0.15, 0.2) is 0 Å². The van der Waals surface area contributed by atoms with Crippen molar-refractivity contribution < 1.29 is 23.8 Å². The van der Waals surface area contributed by atoms with Crippen LogP contribution in [-0.4, -0.2) is 79.3 Å². The van der Waals surface area contributed by atoms with Gasteiger partial charge >= 0.3 is 5.97 Å². The highest BCUT2D eigenvalue weighted by molar-refractivity contribution is 6.31. The number of carboxylic acids is 1. The van der Waals surface area contributed by atoms with Crippen LogP contribution in [0.25, 0.3) is 0 Å². The molecule has 1 aliphatic rings. The molecule has 2 rings (SSSR count). The van der Waals surface area contributed by atoms with Crippen LogP contribution >= 0.6 is 11.6 Å². The molecule has 25 heavy (non-hydrogen) atoms. The van der Waals surface area contributed by atoms with Crippen molar-refractivity contribution >= 4 is 29.2 Å². The Morgan fingerprint density at radius 1 is 1.52 bits per heavy atom. The van der Waals surface area contributed by atoms with E-state index in [2.05, 4.69) is 5.32 Å². The van der Waals surface area contributed by atoms with Gasteiger partial charge in [-0.3, -0.25) is 19.4 Å². The molecule has 1 saturated heterocycles. The highest BCUT2D eigenvalue weighted by atomic mass is 35.5. The maximum absolute atomic E-state index is 13.1. The number of amides is 1. The van der Waals surface area contributed by atoms with Gasteiger partial charge in [0.05, 0.1) is 30.8 Å². The standard InChI is InChI=1S/C16H21ClFN3O4/c1-20(10-16(23)24)7-12-8-21(4-5-25-12)9-15(22)19-11-2-3-14(18)13(17)6-11/h2-3,6,12H,4-5,7-10H2,1H3,(H,19,22)(H,23,24). The van der Waals surface area contributed by atoms with E-state index < -0.39 is 11.8 Å². The summed E-state index contributed by atoms with van der Waals surface area (Å²) in [5.41, 5.74) is 0.433. The summed E-state index contributed by atoms with van der Waals surface area (Å²) in [6, 6.07) is 4.00. The highest BCUT2D eigenvalue weighted by Gasteiger charge is 2.23. The molecule has 1 amide bonds. The van der Waals surface area contributed by atoms with Crippen LogP contribution in [0.2, 0.25) is 5.02 Å². The van der Waals surface area contributed by atoms with E-state index in [0.29, 0.717) is 31.9 Å². The van der Waals surface area contributed by atoms with E-state index in [4.69, 9.17) is 21.4 Å². The summed E-state index contributed by atoms with van der Waals surface area (Å²) in [4.78, 5) is 26.4. The predicted molar refractivity (Wildman–Crippen MR) is 91.4 cm³/mol. The number of rotatable bonds is 7. The van der Waals surface area contributed by atoms with Gasteiger partial charge in [0, 0.05) is 25.3 Å². The number of likely N-dealkylation sites (N-methyl/N-ethyl adjacent to an activating group) is 1. The zero-order valence-corrected chi connectivity index (χ0v) is 14.6. The molecule has 1 aliphatic heterocycles. The Hall–Kier alpha value is -1.74. The number of carbonyl (C=O) groups is 2. The summed E-state index contributed by atoms with van der Waals surface area (Å²) in [5, 5.41) is 11.4. The average molecular weight is 374 g/mol. The van der Waals surface area contributed by atoms with Crippen molar-refractivity contribution in [1.29, 1.82) is 0 Å². The fourth-order valence-electron chi connectivity index (χ4n) is 2.66. The van der Waals surface area contributed by atoms with Gasteiger partial charge in [0.1, 0.15) is 5.82 Å². The number of ether oxygens (including phenoxy) is 1. The number of carbonyl (C=O) groups excluding carboxylic acids is 1. The predicted octanol–water partition coefficient (Wildman–Crippen LogP) is 1.13. The monoisotopic (exact) mass is 373 g/mol. The van der Waals surface area contributed by atoms with Crippen molar-refractivity contribution in [1.82, 2.24) is 9.80 Å². The number of hydrogen-bond acceptors (Lipinski definition) is 5. The van der Waals surface area contributed by atoms with Crippen LogP contribution in [0.5, 0.6) is 0 Å². The van der Waals surface area contributed by atoms with Gasteiger partial charge in [-0.25, -0.2) is 4.39 Å². The molecular formula is C16H21ClFN3O4. The summed E-state index contributed by atoms with van der Waals surface area (Å²) in [6.07, 6.45) is -0.161. The molecule has 0 saturated carbocycles. The molecule has 0 bridgehead atoms. The second-order valence-electron chi connectivity index (χ2n) is 6.00. The molecule has 9 heteroatoms. The van der Waals surface area contributed by atoms with E-state index >= 15 is 0 Å². The Morgan fingerprint density at radius 2 is 2.28 bits per heavy atom. The first-order chi connectivity index (χ1) is 11.8. The smallest absolute Gasteiger partial charge is 0.317 e. The first-order valence-electron chi connectivity index (χ1n) is 7.82. The number of benzene rings is 1. The maximum Gasteiger partial charge on any atom is 0.317 e. The number of carboxylic acid groups (broad SMARTS) is 1. The molecule has 1 aromatic carbocycles. The fourth-order valence-corrected chi connectivity index (χ4v) is 2.84. The Labute approximate surface area is 150 Å². The van der Waals surface area contributed by atoms with E-state index in [0.717, 1.165) is 0 Å². The third-order valence-electron chi connectivity index (χ3n) is 3.71.